The molecule has 0 spiro atoms. The molecule has 0 amide bonds. The maximum atomic E-state index is 3.02. The van der Waals surface area contributed by atoms with Gasteiger partial charge in [0.2, 0.25) is 0 Å². The molecule has 26 valence electrons. The molecule has 5 heavy (non-hydrogen) atoms. The van der Waals surface area contributed by atoms with Crippen LogP contribution >= 0.6 is 31.9 Å². The van der Waals surface area contributed by atoms with Crippen LogP contribution in [0.25, 0.3) is 0 Å². The summed E-state index contributed by atoms with van der Waals surface area (Å²) in [4.78, 5) is 3.46. The molecule has 0 radical (unpaired) electrons. The Balaban J connectivity index is 0. The van der Waals surface area contributed by atoms with Crippen molar-refractivity contribution < 1.29 is 27.7 Å². The van der Waals surface area contributed by atoms with Crippen LogP contribution in [0.4, 0.5) is 0 Å². The maximum Gasteiger partial charge on any atom is 0 e. The van der Waals surface area contributed by atoms with E-state index in [1.807, 2.05) is 0 Å². The predicted octanol–water partition coefficient (Wildman–Crippen LogP) is 2.24. The van der Waals surface area contributed by atoms with Crippen LogP contribution in [0.2, 0.25) is 0 Å². The number of hydrogen-bond acceptors (Lipinski definition) is 0. The summed E-state index contributed by atoms with van der Waals surface area (Å²) in [5.74, 6) is 0. The molecular formula is C2H2Br2Hg. The van der Waals surface area contributed by atoms with Gasteiger partial charge in [-0.2, -0.15) is 0 Å². The Morgan fingerprint density at radius 1 is 1.00 bits per heavy atom. The van der Waals surface area contributed by atoms with E-state index in [1.165, 1.54) is 0 Å². The van der Waals surface area contributed by atoms with E-state index in [1.54, 1.807) is 9.97 Å². The Labute approximate surface area is 68.8 Å². The van der Waals surface area contributed by atoms with Crippen molar-refractivity contribution in [2.45, 2.75) is 0 Å². The fraction of sp³-hybridized carbons (Fsp3) is 0. The van der Waals surface area contributed by atoms with Crippen molar-refractivity contribution in [2.75, 3.05) is 0 Å². The van der Waals surface area contributed by atoms with Gasteiger partial charge in [0, 0.05) is 27.7 Å². The number of rotatable bonds is 0. The van der Waals surface area contributed by atoms with Crippen molar-refractivity contribution in [1.29, 1.82) is 0 Å². The van der Waals surface area contributed by atoms with E-state index in [9.17, 15) is 0 Å². The minimum absolute atomic E-state index is 0. The first-order chi connectivity index (χ1) is 1.91. The second-order valence-electron chi connectivity index (χ2n) is 0.252. The Hall–Kier alpha value is 1.64. The molecule has 0 fully saturated rings. The third-order valence-corrected chi connectivity index (χ3v) is 1.29. The third-order valence-electron chi connectivity index (χ3n) is 0.0476. The van der Waals surface area contributed by atoms with Gasteiger partial charge in [0.25, 0.3) is 0 Å². The van der Waals surface area contributed by atoms with E-state index in [2.05, 4.69) is 31.9 Å². The summed E-state index contributed by atoms with van der Waals surface area (Å²) in [5, 5.41) is 0. The summed E-state index contributed by atoms with van der Waals surface area (Å²) in [5.41, 5.74) is 0. The summed E-state index contributed by atoms with van der Waals surface area (Å²) in [6.45, 7) is 0. The van der Waals surface area contributed by atoms with Gasteiger partial charge in [-0.15, -0.1) is 0 Å². The second-order valence-corrected chi connectivity index (χ2v) is 1.31. The van der Waals surface area contributed by atoms with Crippen molar-refractivity contribution in [2.24, 2.45) is 0 Å². The van der Waals surface area contributed by atoms with Crippen LogP contribution in [0.15, 0.2) is 9.97 Å². The Bertz CT molecular complexity index is 22.8. The summed E-state index contributed by atoms with van der Waals surface area (Å²) >= 11 is 6.04. The van der Waals surface area contributed by atoms with Gasteiger partial charge in [-0.1, -0.05) is 31.9 Å². The molecule has 0 aliphatic rings. The van der Waals surface area contributed by atoms with E-state index in [0.29, 0.717) is 0 Å². The van der Waals surface area contributed by atoms with Crippen LogP contribution < -0.4 is 0 Å². The zero-order chi connectivity index (χ0) is 3.41. The molecule has 0 unspecified atom stereocenters. The van der Waals surface area contributed by atoms with Crippen molar-refractivity contribution >= 4 is 31.9 Å². The standard InChI is InChI=1S/C2H2Br2.Hg/c3-1-2-4;/h1-2H;. The predicted molar refractivity (Wildman–Crippen MR) is 27.0 cm³/mol. The smallest absolute Gasteiger partial charge is 0 e. The monoisotopic (exact) mass is 386 g/mol. The topological polar surface area (TPSA) is 0 Å². The molecule has 0 N–H and O–H groups in total. The maximum absolute atomic E-state index is 3.02. The van der Waals surface area contributed by atoms with Crippen molar-refractivity contribution in [3.63, 3.8) is 0 Å². The molecule has 0 saturated heterocycles. The van der Waals surface area contributed by atoms with Gasteiger partial charge < -0.3 is 0 Å². The minimum Gasteiger partial charge on any atom is -0.0589 e. The van der Waals surface area contributed by atoms with Crippen molar-refractivity contribution in [3.8, 4) is 0 Å². The molecule has 0 aliphatic carbocycles. The van der Waals surface area contributed by atoms with Gasteiger partial charge in [-0.05, 0) is 9.97 Å². The van der Waals surface area contributed by atoms with Crippen LogP contribution in [-0.4, -0.2) is 0 Å². The summed E-state index contributed by atoms with van der Waals surface area (Å²) in [7, 11) is 0. The zero-order valence-corrected chi connectivity index (χ0v) is 11.3. The molecule has 0 nitrogen and oxygen atoms in total. The van der Waals surface area contributed by atoms with E-state index in [4.69, 9.17) is 0 Å². The molecule has 0 heterocycles. The van der Waals surface area contributed by atoms with Gasteiger partial charge in [0.15, 0.2) is 0 Å². The Kier molecular flexibility index (Phi) is 18.0. The van der Waals surface area contributed by atoms with Crippen molar-refractivity contribution in [3.05, 3.63) is 9.97 Å². The Morgan fingerprint density at radius 2 is 1.20 bits per heavy atom. The quantitative estimate of drug-likeness (QED) is 0.561. The van der Waals surface area contributed by atoms with Crippen LogP contribution in [-0.2, 0) is 27.7 Å². The molecule has 0 atom stereocenters. The van der Waals surface area contributed by atoms with Crippen LogP contribution in [0.1, 0.15) is 0 Å². The molecule has 0 rings (SSSR count). The average Bonchev–Trinajstić information content (AvgIpc) is 1.37. The SMILES string of the molecule is BrC=CBr.[Hg]. The van der Waals surface area contributed by atoms with Gasteiger partial charge in [0.05, 0.1) is 0 Å². The fourth-order valence-corrected chi connectivity index (χ4v) is 0. The molecule has 0 aromatic rings. The summed E-state index contributed by atoms with van der Waals surface area (Å²) in [6.07, 6.45) is 0. The first kappa shape index (κ1) is 9.81. The van der Waals surface area contributed by atoms with Crippen LogP contribution in [0.5, 0.6) is 0 Å². The van der Waals surface area contributed by atoms with E-state index in [0.717, 1.165) is 0 Å². The number of halogens is 2. The Morgan fingerprint density at radius 3 is 1.20 bits per heavy atom. The van der Waals surface area contributed by atoms with Crippen LogP contribution in [0.3, 0.4) is 0 Å². The molecule has 0 aromatic heterocycles. The molecule has 0 aliphatic heterocycles. The summed E-state index contributed by atoms with van der Waals surface area (Å²) < 4.78 is 0. The molecule has 0 aromatic carbocycles. The van der Waals surface area contributed by atoms with Gasteiger partial charge in [-0.25, -0.2) is 0 Å². The van der Waals surface area contributed by atoms with E-state index < -0.39 is 0 Å². The summed E-state index contributed by atoms with van der Waals surface area (Å²) in [6, 6.07) is 0. The van der Waals surface area contributed by atoms with Crippen molar-refractivity contribution in [1.82, 2.24) is 0 Å². The van der Waals surface area contributed by atoms with Crippen LogP contribution in [0, 0.1) is 0 Å². The first-order valence-electron chi connectivity index (χ1n) is 0.770. The molecule has 0 bridgehead atoms. The van der Waals surface area contributed by atoms with Gasteiger partial charge in [-0.3, -0.25) is 0 Å². The largest absolute Gasteiger partial charge is 0.0589 e. The molecule has 3 heteroatoms. The second kappa shape index (κ2) is 9.16. The fourth-order valence-electron chi connectivity index (χ4n) is 0. The van der Waals surface area contributed by atoms with Gasteiger partial charge >= 0.3 is 0 Å². The van der Waals surface area contributed by atoms with E-state index >= 15 is 0 Å². The van der Waals surface area contributed by atoms with E-state index in [-0.39, 0.29) is 27.7 Å². The average molecular weight is 386 g/mol. The minimum atomic E-state index is 0. The zero-order valence-electron chi connectivity index (χ0n) is 2.62. The normalized spacial score (nSPS) is 7.60. The molecule has 0 saturated carbocycles. The van der Waals surface area contributed by atoms with Gasteiger partial charge in [0.1, 0.15) is 0 Å². The number of hydrogen-bond donors (Lipinski definition) is 0. The third kappa shape index (κ3) is 10.7. The first-order valence-corrected chi connectivity index (χ1v) is 2.60. The molecular weight excluding hydrogens is 384 g/mol.